The highest BCUT2D eigenvalue weighted by atomic mass is 16.1. The quantitative estimate of drug-likeness (QED) is 0.698. The molecular formula is C13H27N3O. The Hall–Kier alpha value is -0.610. The van der Waals surface area contributed by atoms with Crippen LogP contribution in [0.15, 0.2) is 0 Å². The normalized spacial score (nSPS) is 18.2. The Bertz CT molecular complexity index is 239. The van der Waals surface area contributed by atoms with Crippen molar-refractivity contribution in [1.82, 2.24) is 10.2 Å². The molecule has 1 saturated carbocycles. The van der Waals surface area contributed by atoms with Crippen molar-refractivity contribution in [3.8, 4) is 0 Å². The van der Waals surface area contributed by atoms with Crippen molar-refractivity contribution in [1.29, 1.82) is 0 Å². The molecule has 0 aromatic rings. The predicted molar refractivity (Wildman–Crippen MR) is 70.7 cm³/mol. The fourth-order valence-corrected chi connectivity index (χ4v) is 2.25. The van der Waals surface area contributed by atoms with E-state index in [1.807, 2.05) is 13.8 Å². The van der Waals surface area contributed by atoms with Gasteiger partial charge in [0.05, 0.1) is 0 Å². The van der Waals surface area contributed by atoms with Crippen molar-refractivity contribution in [2.24, 2.45) is 11.7 Å². The Kier molecular flexibility index (Phi) is 5.92. The summed E-state index contributed by atoms with van der Waals surface area (Å²) in [6.45, 7) is 5.59. The molecule has 1 unspecified atom stereocenters. The molecule has 1 amide bonds. The number of rotatable bonds is 7. The van der Waals surface area contributed by atoms with E-state index in [4.69, 9.17) is 5.73 Å². The molecule has 0 aliphatic heterocycles. The van der Waals surface area contributed by atoms with Crippen molar-refractivity contribution in [3.63, 3.8) is 0 Å². The van der Waals surface area contributed by atoms with E-state index in [1.54, 1.807) is 0 Å². The molecule has 0 radical (unpaired) electrons. The summed E-state index contributed by atoms with van der Waals surface area (Å²) < 4.78 is 0. The molecule has 17 heavy (non-hydrogen) atoms. The Morgan fingerprint density at radius 2 is 2.12 bits per heavy atom. The van der Waals surface area contributed by atoms with Crippen LogP contribution in [0.5, 0.6) is 0 Å². The van der Waals surface area contributed by atoms with E-state index in [9.17, 15) is 4.79 Å². The number of carbonyl (C=O) groups is 1. The van der Waals surface area contributed by atoms with Crippen molar-refractivity contribution in [3.05, 3.63) is 0 Å². The number of likely N-dealkylation sites (N-methyl/N-ethyl adjacent to an activating group) is 1. The third-order valence-corrected chi connectivity index (χ3v) is 3.54. The summed E-state index contributed by atoms with van der Waals surface area (Å²) in [6.07, 6.45) is 4.54. The Morgan fingerprint density at radius 1 is 1.47 bits per heavy atom. The van der Waals surface area contributed by atoms with Crippen molar-refractivity contribution in [2.45, 2.75) is 51.6 Å². The maximum atomic E-state index is 11.7. The van der Waals surface area contributed by atoms with E-state index in [-0.39, 0.29) is 18.0 Å². The van der Waals surface area contributed by atoms with Gasteiger partial charge in [-0.15, -0.1) is 0 Å². The average molecular weight is 241 g/mol. The van der Waals surface area contributed by atoms with Crippen LogP contribution in [0.3, 0.4) is 0 Å². The van der Waals surface area contributed by atoms with Crippen LogP contribution in [0.2, 0.25) is 0 Å². The van der Waals surface area contributed by atoms with Gasteiger partial charge >= 0.3 is 0 Å². The van der Waals surface area contributed by atoms with Gasteiger partial charge in [-0.1, -0.05) is 6.42 Å². The maximum Gasteiger partial charge on any atom is 0.221 e. The van der Waals surface area contributed by atoms with Crippen LogP contribution >= 0.6 is 0 Å². The molecule has 1 rings (SSSR count). The molecule has 1 aliphatic rings. The molecule has 0 bridgehead atoms. The third kappa shape index (κ3) is 5.04. The Morgan fingerprint density at radius 3 is 2.53 bits per heavy atom. The summed E-state index contributed by atoms with van der Waals surface area (Å²) in [7, 11) is 2.08. The molecule has 0 spiro atoms. The van der Waals surface area contributed by atoms with Crippen molar-refractivity contribution in [2.75, 3.05) is 20.1 Å². The molecule has 0 saturated heterocycles. The highest BCUT2D eigenvalue weighted by molar-refractivity contribution is 5.76. The summed E-state index contributed by atoms with van der Waals surface area (Å²) in [5, 5.41) is 2.92. The summed E-state index contributed by atoms with van der Waals surface area (Å²) in [6, 6.07) is 0.382. The maximum absolute atomic E-state index is 11.7. The van der Waals surface area contributed by atoms with Gasteiger partial charge in [0.2, 0.25) is 5.91 Å². The molecule has 0 aromatic heterocycles. The molecule has 4 heteroatoms. The van der Waals surface area contributed by atoms with E-state index < -0.39 is 0 Å². The first-order chi connectivity index (χ1) is 8.02. The fourth-order valence-electron chi connectivity index (χ4n) is 2.25. The van der Waals surface area contributed by atoms with E-state index in [2.05, 4.69) is 17.3 Å². The monoisotopic (exact) mass is 241 g/mol. The number of carbonyl (C=O) groups excluding carboxylic acids is 1. The minimum absolute atomic E-state index is 0.107. The zero-order valence-electron chi connectivity index (χ0n) is 11.4. The molecule has 0 heterocycles. The Labute approximate surface area is 105 Å². The second-order valence-electron chi connectivity index (χ2n) is 5.55. The van der Waals surface area contributed by atoms with Gasteiger partial charge < -0.3 is 16.0 Å². The summed E-state index contributed by atoms with van der Waals surface area (Å²) >= 11 is 0. The molecule has 1 fully saturated rings. The van der Waals surface area contributed by atoms with E-state index in [0.29, 0.717) is 13.0 Å². The van der Waals surface area contributed by atoms with Gasteiger partial charge in [0.1, 0.15) is 0 Å². The van der Waals surface area contributed by atoms with Crippen molar-refractivity contribution < 1.29 is 4.79 Å². The van der Waals surface area contributed by atoms with Gasteiger partial charge in [-0.05, 0) is 39.7 Å². The van der Waals surface area contributed by atoms with Gasteiger partial charge in [-0.2, -0.15) is 0 Å². The Balaban J connectivity index is 2.32. The molecule has 100 valence electrons. The minimum Gasteiger partial charge on any atom is -0.354 e. The molecular weight excluding hydrogens is 214 g/mol. The van der Waals surface area contributed by atoms with Crippen LogP contribution in [0.25, 0.3) is 0 Å². The number of nitrogens with two attached hydrogens (primary N) is 1. The number of nitrogens with one attached hydrogen (secondary N) is 1. The lowest BCUT2D eigenvalue weighted by Gasteiger charge is -2.34. The first-order valence-corrected chi connectivity index (χ1v) is 6.72. The summed E-state index contributed by atoms with van der Waals surface area (Å²) in [4.78, 5) is 14.0. The highest BCUT2D eigenvalue weighted by Gasteiger charge is 2.23. The van der Waals surface area contributed by atoms with Crippen LogP contribution in [0, 0.1) is 5.92 Å². The van der Waals surface area contributed by atoms with Crippen molar-refractivity contribution >= 4 is 5.91 Å². The largest absolute Gasteiger partial charge is 0.354 e. The van der Waals surface area contributed by atoms with Crippen LogP contribution in [-0.2, 0) is 4.79 Å². The second kappa shape index (κ2) is 6.97. The SMILES string of the molecule is CC(C)NC(=O)CC(CN)N(C)CC1CCC1. The minimum atomic E-state index is 0.107. The second-order valence-corrected chi connectivity index (χ2v) is 5.55. The standard InChI is InChI=1S/C13H27N3O/c1-10(2)15-13(17)7-12(8-14)16(3)9-11-5-4-6-11/h10-12H,4-9,14H2,1-3H3,(H,15,17). The van der Waals surface area contributed by atoms with Crippen LogP contribution in [0.1, 0.15) is 39.5 Å². The molecule has 0 aromatic carbocycles. The number of nitrogens with zero attached hydrogens (tertiary/aromatic N) is 1. The van der Waals surface area contributed by atoms with Gasteiger partial charge in [0.25, 0.3) is 0 Å². The molecule has 4 nitrogen and oxygen atoms in total. The predicted octanol–water partition coefficient (Wildman–Crippen LogP) is 0.960. The summed E-state index contributed by atoms with van der Waals surface area (Å²) in [5.74, 6) is 0.929. The first-order valence-electron chi connectivity index (χ1n) is 6.72. The smallest absolute Gasteiger partial charge is 0.221 e. The zero-order valence-corrected chi connectivity index (χ0v) is 11.4. The molecule has 3 N–H and O–H groups in total. The number of hydrogen-bond acceptors (Lipinski definition) is 3. The van der Waals surface area contributed by atoms with E-state index >= 15 is 0 Å². The number of hydrogen-bond donors (Lipinski definition) is 2. The zero-order chi connectivity index (χ0) is 12.8. The lowest BCUT2D eigenvalue weighted by atomic mass is 9.85. The number of amides is 1. The average Bonchev–Trinajstić information content (AvgIpc) is 2.18. The molecule has 1 atom stereocenters. The van der Waals surface area contributed by atoms with Crippen LogP contribution in [-0.4, -0.2) is 43.0 Å². The van der Waals surface area contributed by atoms with Gasteiger partial charge in [-0.25, -0.2) is 0 Å². The highest BCUT2D eigenvalue weighted by Crippen LogP contribution is 2.27. The third-order valence-electron chi connectivity index (χ3n) is 3.54. The molecule has 1 aliphatic carbocycles. The van der Waals surface area contributed by atoms with Gasteiger partial charge in [0, 0.05) is 31.6 Å². The van der Waals surface area contributed by atoms with Crippen LogP contribution < -0.4 is 11.1 Å². The van der Waals surface area contributed by atoms with Crippen LogP contribution in [0.4, 0.5) is 0 Å². The fraction of sp³-hybridized carbons (Fsp3) is 0.923. The summed E-state index contributed by atoms with van der Waals surface area (Å²) in [5.41, 5.74) is 5.77. The van der Waals surface area contributed by atoms with Gasteiger partial charge in [0.15, 0.2) is 0 Å². The lowest BCUT2D eigenvalue weighted by Crippen LogP contribution is -2.45. The van der Waals surface area contributed by atoms with E-state index in [0.717, 1.165) is 12.5 Å². The topological polar surface area (TPSA) is 58.4 Å². The lowest BCUT2D eigenvalue weighted by molar-refractivity contribution is -0.122. The van der Waals surface area contributed by atoms with Gasteiger partial charge in [-0.3, -0.25) is 4.79 Å². The first kappa shape index (κ1) is 14.5. The van der Waals surface area contributed by atoms with E-state index in [1.165, 1.54) is 19.3 Å².